The van der Waals surface area contributed by atoms with E-state index in [2.05, 4.69) is 18.9 Å². The van der Waals surface area contributed by atoms with Gasteiger partial charge in [-0.25, -0.2) is 0 Å². The molecule has 2 heterocycles. The Hall–Kier alpha value is -0.990. The SMILES string of the molecule is CC.CC.Cc1c2c(nn1C)OCC2C. The van der Waals surface area contributed by atoms with E-state index in [1.807, 2.05) is 39.4 Å². The summed E-state index contributed by atoms with van der Waals surface area (Å²) in [5.74, 6) is 1.34. The van der Waals surface area contributed by atoms with E-state index in [9.17, 15) is 0 Å². The van der Waals surface area contributed by atoms with Crippen LogP contribution in [0, 0.1) is 6.92 Å². The van der Waals surface area contributed by atoms with Crippen molar-refractivity contribution in [2.24, 2.45) is 7.05 Å². The molecule has 3 nitrogen and oxygen atoms in total. The highest BCUT2D eigenvalue weighted by atomic mass is 16.5. The summed E-state index contributed by atoms with van der Waals surface area (Å²) in [6, 6.07) is 0. The number of nitrogens with zero attached hydrogens (tertiary/aromatic N) is 2. The summed E-state index contributed by atoms with van der Waals surface area (Å²) in [7, 11) is 1.95. The summed E-state index contributed by atoms with van der Waals surface area (Å²) in [6.07, 6.45) is 0. The van der Waals surface area contributed by atoms with Gasteiger partial charge in [0.2, 0.25) is 5.88 Å². The maximum absolute atomic E-state index is 5.38. The van der Waals surface area contributed by atoms with Crippen molar-refractivity contribution in [3.05, 3.63) is 11.3 Å². The topological polar surface area (TPSA) is 27.1 Å². The number of fused-ring (bicyclic) bond motifs is 1. The highest BCUT2D eigenvalue weighted by Gasteiger charge is 2.26. The molecule has 3 heteroatoms. The molecule has 0 aromatic carbocycles. The Kier molecular flexibility index (Phi) is 6.06. The van der Waals surface area contributed by atoms with E-state index in [4.69, 9.17) is 4.74 Å². The molecule has 1 atom stereocenters. The maximum Gasteiger partial charge on any atom is 0.236 e. The van der Waals surface area contributed by atoms with Gasteiger partial charge in [0.15, 0.2) is 0 Å². The first-order chi connectivity index (χ1) is 7.20. The smallest absolute Gasteiger partial charge is 0.236 e. The van der Waals surface area contributed by atoms with Gasteiger partial charge in [0.25, 0.3) is 0 Å². The summed E-state index contributed by atoms with van der Waals surface area (Å²) in [5, 5.41) is 4.24. The minimum absolute atomic E-state index is 0.513. The third-order valence-electron chi connectivity index (χ3n) is 2.31. The largest absolute Gasteiger partial charge is 0.476 e. The van der Waals surface area contributed by atoms with E-state index >= 15 is 0 Å². The van der Waals surface area contributed by atoms with Crippen LogP contribution in [0.15, 0.2) is 0 Å². The highest BCUT2D eigenvalue weighted by molar-refractivity contribution is 5.37. The normalized spacial score (nSPS) is 16.6. The lowest BCUT2D eigenvalue weighted by atomic mass is 10.1. The zero-order valence-corrected chi connectivity index (χ0v) is 11.1. The summed E-state index contributed by atoms with van der Waals surface area (Å²) < 4.78 is 7.26. The fourth-order valence-corrected chi connectivity index (χ4v) is 1.56. The number of rotatable bonds is 0. The second-order valence-corrected chi connectivity index (χ2v) is 3.14. The van der Waals surface area contributed by atoms with Gasteiger partial charge in [-0.2, -0.15) is 0 Å². The molecule has 15 heavy (non-hydrogen) atoms. The minimum Gasteiger partial charge on any atom is -0.476 e. The molecule has 0 radical (unpaired) electrons. The van der Waals surface area contributed by atoms with Gasteiger partial charge in [0.05, 0.1) is 6.61 Å². The molecule has 0 N–H and O–H groups in total. The van der Waals surface area contributed by atoms with Crippen LogP contribution in [0.1, 0.15) is 51.8 Å². The van der Waals surface area contributed by atoms with Crippen molar-refractivity contribution in [3.63, 3.8) is 0 Å². The Bertz CT molecular complexity index is 292. The third-order valence-corrected chi connectivity index (χ3v) is 2.31. The van der Waals surface area contributed by atoms with Gasteiger partial charge in [-0.15, -0.1) is 5.10 Å². The van der Waals surface area contributed by atoms with Crippen molar-refractivity contribution >= 4 is 0 Å². The van der Waals surface area contributed by atoms with Crippen LogP contribution in [0.4, 0.5) is 0 Å². The van der Waals surface area contributed by atoms with Crippen molar-refractivity contribution < 1.29 is 4.74 Å². The van der Waals surface area contributed by atoms with Crippen LogP contribution in [0.2, 0.25) is 0 Å². The summed E-state index contributed by atoms with van der Waals surface area (Å²) >= 11 is 0. The van der Waals surface area contributed by atoms with Crippen molar-refractivity contribution in [2.75, 3.05) is 6.61 Å². The van der Waals surface area contributed by atoms with Crippen LogP contribution in [0.25, 0.3) is 0 Å². The van der Waals surface area contributed by atoms with Gasteiger partial charge in [0, 0.05) is 24.2 Å². The number of ether oxygens (including phenoxy) is 1. The first-order valence-electron chi connectivity index (χ1n) is 5.86. The van der Waals surface area contributed by atoms with Crippen LogP contribution >= 0.6 is 0 Å². The number of hydrogen-bond acceptors (Lipinski definition) is 2. The molecule has 0 spiro atoms. The molecule has 0 bridgehead atoms. The number of aryl methyl sites for hydroxylation is 1. The average Bonchev–Trinajstić information content (AvgIpc) is 2.77. The summed E-state index contributed by atoms with van der Waals surface area (Å²) in [6.45, 7) is 13.0. The fourth-order valence-electron chi connectivity index (χ4n) is 1.56. The highest BCUT2D eigenvalue weighted by Crippen LogP contribution is 2.34. The zero-order valence-electron chi connectivity index (χ0n) is 11.1. The Balaban J connectivity index is 0.000000442. The summed E-state index contributed by atoms with van der Waals surface area (Å²) in [5.41, 5.74) is 2.51. The van der Waals surface area contributed by atoms with Gasteiger partial charge in [-0.05, 0) is 6.92 Å². The Morgan fingerprint density at radius 1 is 1.27 bits per heavy atom. The molecule has 1 aromatic rings. The Labute approximate surface area is 93.4 Å². The molecular weight excluding hydrogens is 188 g/mol. The van der Waals surface area contributed by atoms with Crippen LogP contribution < -0.4 is 4.74 Å². The van der Waals surface area contributed by atoms with E-state index in [0.29, 0.717) is 5.92 Å². The standard InChI is InChI=1S/C8H12N2O.2C2H6/c1-5-4-11-8-7(5)6(2)10(3)9-8;2*1-2/h5H,4H2,1-3H3;2*1-2H3. The Morgan fingerprint density at radius 3 is 2.27 bits per heavy atom. The fraction of sp³-hybridized carbons (Fsp3) is 0.750. The van der Waals surface area contributed by atoms with Crippen molar-refractivity contribution in [2.45, 2.75) is 47.5 Å². The van der Waals surface area contributed by atoms with Gasteiger partial charge < -0.3 is 4.74 Å². The van der Waals surface area contributed by atoms with Crippen LogP contribution in [0.5, 0.6) is 5.88 Å². The zero-order chi connectivity index (χ0) is 12.0. The predicted molar refractivity (Wildman–Crippen MR) is 64.6 cm³/mol. The Morgan fingerprint density at radius 2 is 1.80 bits per heavy atom. The molecule has 88 valence electrons. The van der Waals surface area contributed by atoms with E-state index < -0.39 is 0 Å². The quantitative estimate of drug-likeness (QED) is 0.660. The predicted octanol–water partition coefficient (Wildman–Crippen LogP) is 3.28. The second-order valence-electron chi connectivity index (χ2n) is 3.14. The second kappa shape index (κ2) is 6.49. The van der Waals surface area contributed by atoms with Gasteiger partial charge in [0.1, 0.15) is 0 Å². The van der Waals surface area contributed by atoms with Gasteiger partial charge in [-0.1, -0.05) is 34.6 Å². The van der Waals surface area contributed by atoms with Crippen molar-refractivity contribution in [1.29, 1.82) is 0 Å². The van der Waals surface area contributed by atoms with E-state index in [-0.39, 0.29) is 0 Å². The van der Waals surface area contributed by atoms with Crippen molar-refractivity contribution in [3.8, 4) is 5.88 Å². The lowest BCUT2D eigenvalue weighted by Gasteiger charge is -2.01. The number of hydrogen-bond donors (Lipinski definition) is 0. The molecule has 1 aliphatic rings. The third kappa shape index (κ3) is 2.74. The minimum atomic E-state index is 0.513. The number of aromatic nitrogens is 2. The van der Waals surface area contributed by atoms with Crippen LogP contribution in [-0.2, 0) is 7.05 Å². The molecular formula is C12H24N2O. The maximum atomic E-state index is 5.38. The van der Waals surface area contributed by atoms with Gasteiger partial charge in [-0.3, -0.25) is 4.68 Å². The van der Waals surface area contributed by atoms with Gasteiger partial charge >= 0.3 is 0 Å². The molecule has 1 aromatic heterocycles. The van der Waals surface area contributed by atoms with Crippen LogP contribution in [-0.4, -0.2) is 16.4 Å². The first kappa shape index (κ1) is 14.0. The van der Waals surface area contributed by atoms with E-state index in [0.717, 1.165) is 12.5 Å². The molecule has 0 aliphatic carbocycles. The molecule has 0 amide bonds. The van der Waals surface area contributed by atoms with E-state index in [1.165, 1.54) is 11.3 Å². The van der Waals surface area contributed by atoms with E-state index in [1.54, 1.807) is 0 Å². The molecule has 2 rings (SSSR count). The molecule has 0 fully saturated rings. The molecule has 0 saturated carbocycles. The molecule has 1 aliphatic heterocycles. The van der Waals surface area contributed by atoms with Crippen molar-refractivity contribution in [1.82, 2.24) is 9.78 Å². The molecule has 0 saturated heterocycles. The first-order valence-corrected chi connectivity index (χ1v) is 5.86. The van der Waals surface area contributed by atoms with Crippen LogP contribution in [0.3, 0.4) is 0 Å². The lowest BCUT2D eigenvalue weighted by molar-refractivity contribution is 0.319. The summed E-state index contributed by atoms with van der Waals surface area (Å²) in [4.78, 5) is 0. The lowest BCUT2D eigenvalue weighted by Crippen LogP contribution is -2.02. The average molecular weight is 212 g/mol. The molecule has 1 unspecified atom stereocenters. The monoisotopic (exact) mass is 212 g/mol.